The second-order valence-corrected chi connectivity index (χ2v) is 6.13. The molecule has 0 amide bonds. The molecule has 22 heavy (non-hydrogen) atoms. The molecule has 114 valence electrons. The molecule has 0 saturated heterocycles. The van der Waals surface area contributed by atoms with Crippen LogP contribution in [0, 0.1) is 25.2 Å². The summed E-state index contributed by atoms with van der Waals surface area (Å²) in [7, 11) is 1.74. The number of rotatable bonds is 4. The quantitative estimate of drug-likeness (QED) is 0.672. The van der Waals surface area contributed by atoms with E-state index in [1.165, 1.54) is 4.88 Å². The Bertz CT molecular complexity index is 692. The molecule has 0 aliphatic rings. The standard InChI is InChI=1S/C16H19N5S/c1-11-12(2)22-15(21-11)10-20-16(18-3)19-9-14-6-4-5-13(7-14)8-17/h4-7H,9-10H2,1-3H3,(H2,18,19,20). The van der Waals surface area contributed by atoms with Gasteiger partial charge in [-0.3, -0.25) is 4.99 Å². The summed E-state index contributed by atoms with van der Waals surface area (Å²) < 4.78 is 0. The molecule has 0 bridgehead atoms. The third-order valence-corrected chi connectivity index (χ3v) is 4.29. The summed E-state index contributed by atoms with van der Waals surface area (Å²) in [6, 6.07) is 9.67. The van der Waals surface area contributed by atoms with E-state index in [0.29, 0.717) is 24.6 Å². The third-order valence-electron chi connectivity index (χ3n) is 3.22. The van der Waals surface area contributed by atoms with E-state index in [2.05, 4.69) is 33.6 Å². The molecule has 0 atom stereocenters. The lowest BCUT2D eigenvalue weighted by Crippen LogP contribution is -2.36. The fourth-order valence-corrected chi connectivity index (χ4v) is 2.81. The fourth-order valence-electron chi connectivity index (χ4n) is 1.93. The summed E-state index contributed by atoms with van der Waals surface area (Å²) in [6.45, 7) is 5.36. The van der Waals surface area contributed by atoms with Crippen LogP contribution < -0.4 is 10.6 Å². The van der Waals surface area contributed by atoms with Crippen LogP contribution in [-0.4, -0.2) is 18.0 Å². The van der Waals surface area contributed by atoms with E-state index >= 15 is 0 Å². The summed E-state index contributed by atoms with van der Waals surface area (Å²) in [6.07, 6.45) is 0. The molecule has 2 aromatic rings. The molecule has 0 aliphatic carbocycles. The number of guanidine groups is 1. The van der Waals surface area contributed by atoms with E-state index in [0.717, 1.165) is 16.3 Å². The molecule has 2 N–H and O–H groups in total. The van der Waals surface area contributed by atoms with Crippen molar-refractivity contribution in [2.45, 2.75) is 26.9 Å². The van der Waals surface area contributed by atoms with Crippen molar-refractivity contribution in [1.29, 1.82) is 5.26 Å². The van der Waals surface area contributed by atoms with Crippen molar-refractivity contribution >= 4 is 17.3 Å². The van der Waals surface area contributed by atoms with Crippen molar-refractivity contribution in [2.75, 3.05) is 7.05 Å². The second-order valence-electron chi connectivity index (χ2n) is 4.84. The van der Waals surface area contributed by atoms with Crippen LogP contribution in [0.25, 0.3) is 0 Å². The topological polar surface area (TPSA) is 73.1 Å². The van der Waals surface area contributed by atoms with Crippen molar-refractivity contribution in [1.82, 2.24) is 15.6 Å². The Labute approximate surface area is 134 Å². The van der Waals surface area contributed by atoms with E-state index in [1.807, 2.05) is 25.1 Å². The minimum absolute atomic E-state index is 0.616. The third kappa shape index (κ3) is 4.30. The molecule has 1 heterocycles. The molecule has 0 aliphatic heterocycles. The lowest BCUT2D eigenvalue weighted by molar-refractivity contribution is 0.803. The van der Waals surface area contributed by atoms with Gasteiger partial charge in [0.05, 0.1) is 23.9 Å². The first-order valence-electron chi connectivity index (χ1n) is 6.99. The normalized spacial score (nSPS) is 11.1. The maximum absolute atomic E-state index is 8.91. The molecule has 0 spiro atoms. The van der Waals surface area contributed by atoms with Gasteiger partial charge >= 0.3 is 0 Å². The summed E-state index contributed by atoms with van der Waals surface area (Å²) in [4.78, 5) is 9.93. The van der Waals surface area contributed by atoms with Crippen molar-refractivity contribution < 1.29 is 0 Å². The Morgan fingerprint density at radius 3 is 2.73 bits per heavy atom. The van der Waals surface area contributed by atoms with Crippen molar-refractivity contribution in [2.24, 2.45) is 4.99 Å². The van der Waals surface area contributed by atoms with Gasteiger partial charge in [0.1, 0.15) is 5.01 Å². The Balaban J connectivity index is 1.88. The number of aryl methyl sites for hydroxylation is 2. The van der Waals surface area contributed by atoms with Crippen LogP contribution in [-0.2, 0) is 13.1 Å². The lowest BCUT2D eigenvalue weighted by atomic mass is 10.1. The van der Waals surface area contributed by atoms with Gasteiger partial charge in [-0.05, 0) is 31.5 Å². The number of benzene rings is 1. The molecule has 2 rings (SSSR count). The Hall–Kier alpha value is -2.39. The Kier molecular flexibility index (Phi) is 5.50. The van der Waals surface area contributed by atoms with Crippen LogP contribution in [0.4, 0.5) is 0 Å². The van der Waals surface area contributed by atoms with Gasteiger partial charge in [-0.25, -0.2) is 4.98 Å². The molecule has 1 aromatic heterocycles. The average molecular weight is 313 g/mol. The maximum Gasteiger partial charge on any atom is 0.191 e. The number of nitrogens with one attached hydrogen (secondary N) is 2. The summed E-state index contributed by atoms with van der Waals surface area (Å²) >= 11 is 1.69. The molecule has 6 heteroatoms. The molecular formula is C16H19N5S. The first-order valence-corrected chi connectivity index (χ1v) is 7.80. The molecule has 0 saturated carbocycles. The van der Waals surface area contributed by atoms with Crippen molar-refractivity contribution in [3.05, 3.63) is 51.0 Å². The molecule has 0 radical (unpaired) electrons. The SMILES string of the molecule is CN=C(NCc1cccc(C#N)c1)NCc1nc(C)c(C)s1. The van der Waals surface area contributed by atoms with Crippen LogP contribution in [0.1, 0.15) is 26.7 Å². The summed E-state index contributed by atoms with van der Waals surface area (Å²) in [5.74, 6) is 0.716. The number of nitrogens with zero attached hydrogens (tertiary/aromatic N) is 3. The molecular weight excluding hydrogens is 294 g/mol. The van der Waals surface area contributed by atoms with Crippen molar-refractivity contribution in [3.63, 3.8) is 0 Å². The van der Waals surface area contributed by atoms with Gasteiger partial charge in [0.15, 0.2) is 5.96 Å². The van der Waals surface area contributed by atoms with Crippen LogP contribution in [0.15, 0.2) is 29.3 Å². The van der Waals surface area contributed by atoms with Gasteiger partial charge in [-0.2, -0.15) is 5.26 Å². The molecule has 0 unspecified atom stereocenters. The number of hydrogen-bond donors (Lipinski definition) is 2. The highest BCUT2D eigenvalue weighted by molar-refractivity contribution is 7.11. The van der Waals surface area contributed by atoms with Gasteiger partial charge in [0, 0.05) is 18.5 Å². The summed E-state index contributed by atoms with van der Waals surface area (Å²) in [5.41, 5.74) is 2.79. The predicted octanol–water partition coefficient (Wildman–Crippen LogP) is 2.50. The smallest absolute Gasteiger partial charge is 0.191 e. The lowest BCUT2D eigenvalue weighted by Gasteiger charge is -2.11. The Morgan fingerprint density at radius 1 is 1.32 bits per heavy atom. The molecule has 0 fully saturated rings. The van der Waals surface area contributed by atoms with Crippen LogP contribution in [0.2, 0.25) is 0 Å². The number of aromatic nitrogens is 1. The zero-order chi connectivity index (χ0) is 15.9. The zero-order valence-corrected chi connectivity index (χ0v) is 13.8. The predicted molar refractivity (Wildman–Crippen MR) is 89.8 cm³/mol. The second kappa shape index (κ2) is 7.57. The zero-order valence-electron chi connectivity index (χ0n) is 13.0. The van der Waals surface area contributed by atoms with E-state index in [-0.39, 0.29) is 0 Å². The highest BCUT2D eigenvalue weighted by atomic mass is 32.1. The van der Waals surface area contributed by atoms with E-state index in [1.54, 1.807) is 24.5 Å². The average Bonchev–Trinajstić information content (AvgIpc) is 2.86. The fraction of sp³-hybridized carbons (Fsp3) is 0.312. The highest BCUT2D eigenvalue weighted by Gasteiger charge is 2.05. The summed E-state index contributed by atoms with van der Waals surface area (Å²) in [5, 5.41) is 16.4. The number of aliphatic imine (C=N–C) groups is 1. The number of thiazole rings is 1. The first kappa shape index (κ1) is 16.0. The monoisotopic (exact) mass is 313 g/mol. The van der Waals surface area contributed by atoms with Gasteiger partial charge in [0.2, 0.25) is 0 Å². The van der Waals surface area contributed by atoms with Crippen LogP contribution in [0.5, 0.6) is 0 Å². The molecule has 1 aromatic carbocycles. The highest BCUT2D eigenvalue weighted by Crippen LogP contribution is 2.15. The number of nitriles is 1. The number of hydrogen-bond acceptors (Lipinski definition) is 4. The first-order chi connectivity index (χ1) is 10.6. The van der Waals surface area contributed by atoms with Gasteiger partial charge in [-0.1, -0.05) is 12.1 Å². The van der Waals surface area contributed by atoms with E-state index in [4.69, 9.17) is 5.26 Å². The van der Waals surface area contributed by atoms with E-state index in [9.17, 15) is 0 Å². The van der Waals surface area contributed by atoms with Gasteiger partial charge < -0.3 is 10.6 Å². The largest absolute Gasteiger partial charge is 0.352 e. The van der Waals surface area contributed by atoms with E-state index < -0.39 is 0 Å². The molecule has 5 nitrogen and oxygen atoms in total. The van der Waals surface area contributed by atoms with Gasteiger partial charge in [0.25, 0.3) is 0 Å². The minimum atomic E-state index is 0.616. The van der Waals surface area contributed by atoms with Crippen LogP contribution in [0.3, 0.4) is 0 Å². The Morgan fingerprint density at radius 2 is 2.09 bits per heavy atom. The maximum atomic E-state index is 8.91. The van der Waals surface area contributed by atoms with Crippen LogP contribution >= 0.6 is 11.3 Å². The minimum Gasteiger partial charge on any atom is -0.352 e. The van der Waals surface area contributed by atoms with Crippen molar-refractivity contribution in [3.8, 4) is 6.07 Å². The van der Waals surface area contributed by atoms with Gasteiger partial charge in [-0.15, -0.1) is 11.3 Å².